The minimum atomic E-state index is -0.143. The molecule has 1 aromatic carbocycles. The van der Waals surface area contributed by atoms with Gasteiger partial charge in [0.25, 0.3) is 5.91 Å². The van der Waals surface area contributed by atoms with Crippen molar-refractivity contribution in [2.45, 2.75) is 6.04 Å². The molecule has 1 aliphatic rings. The minimum absolute atomic E-state index is 0.143. The summed E-state index contributed by atoms with van der Waals surface area (Å²) >= 11 is 3.19. The van der Waals surface area contributed by atoms with Crippen molar-refractivity contribution in [3.8, 4) is 16.3 Å². The number of benzene rings is 1. The van der Waals surface area contributed by atoms with Crippen molar-refractivity contribution in [1.82, 2.24) is 15.2 Å². The third kappa shape index (κ3) is 4.84. The van der Waals surface area contributed by atoms with E-state index in [1.807, 2.05) is 29.6 Å². The molecule has 4 rings (SSSR count). The molecular formula is C21H23N3O3S2. The van der Waals surface area contributed by atoms with E-state index < -0.39 is 0 Å². The van der Waals surface area contributed by atoms with Crippen LogP contribution in [0.25, 0.3) is 10.6 Å². The second kappa shape index (κ2) is 9.49. The van der Waals surface area contributed by atoms with Crippen molar-refractivity contribution in [2.75, 3.05) is 40.0 Å². The van der Waals surface area contributed by atoms with Gasteiger partial charge in [-0.2, -0.15) is 0 Å². The molecule has 29 heavy (non-hydrogen) atoms. The Kier molecular flexibility index (Phi) is 6.56. The van der Waals surface area contributed by atoms with Crippen molar-refractivity contribution in [3.63, 3.8) is 0 Å². The first-order valence-electron chi connectivity index (χ1n) is 9.48. The zero-order chi connectivity index (χ0) is 20.1. The van der Waals surface area contributed by atoms with Crippen LogP contribution in [0.3, 0.4) is 0 Å². The summed E-state index contributed by atoms with van der Waals surface area (Å²) in [5.41, 5.74) is 1.42. The number of hydrogen-bond donors (Lipinski definition) is 1. The van der Waals surface area contributed by atoms with Crippen LogP contribution in [0.2, 0.25) is 0 Å². The molecule has 0 radical (unpaired) electrons. The molecule has 0 saturated carbocycles. The van der Waals surface area contributed by atoms with Crippen LogP contribution in [0.15, 0.2) is 47.2 Å². The molecule has 6 nitrogen and oxygen atoms in total. The molecule has 1 atom stereocenters. The van der Waals surface area contributed by atoms with E-state index in [-0.39, 0.29) is 11.9 Å². The summed E-state index contributed by atoms with van der Waals surface area (Å²) in [6.07, 6.45) is 0. The Bertz CT molecular complexity index is 919. The average molecular weight is 430 g/mol. The lowest BCUT2D eigenvalue weighted by molar-refractivity contribution is 0.0169. The van der Waals surface area contributed by atoms with Crippen molar-refractivity contribution < 1.29 is 14.3 Å². The van der Waals surface area contributed by atoms with Crippen LogP contribution in [-0.4, -0.2) is 55.7 Å². The lowest BCUT2D eigenvalue weighted by atomic mass is 10.2. The zero-order valence-corrected chi connectivity index (χ0v) is 17.8. The van der Waals surface area contributed by atoms with Crippen molar-refractivity contribution in [1.29, 1.82) is 0 Å². The van der Waals surface area contributed by atoms with Crippen LogP contribution in [0.5, 0.6) is 5.75 Å². The quantitative estimate of drug-likeness (QED) is 0.621. The van der Waals surface area contributed by atoms with Crippen LogP contribution < -0.4 is 10.1 Å². The highest BCUT2D eigenvalue weighted by molar-refractivity contribution is 7.13. The maximum atomic E-state index is 12.7. The van der Waals surface area contributed by atoms with E-state index in [4.69, 9.17) is 9.47 Å². The number of carbonyl (C=O) groups excluding carboxylic acids is 1. The molecule has 0 spiro atoms. The van der Waals surface area contributed by atoms with Gasteiger partial charge in [0.15, 0.2) is 0 Å². The summed E-state index contributed by atoms with van der Waals surface area (Å²) in [7, 11) is 1.64. The number of nitrogens with zero attached hydrogens (tertiary/aromatic N) is 2. The average Bonchev–Trinajstić information content (AvgIpc) is 3.47. The Hall–Kier alpha value is -2.26. The first-order chi connectivity index (χ1) is 14.2. The number of nitrogens with one attached hydrogen (secondary N) is 1. The van der Waals surface area contributed by atoms with Crippen LogP contribution in [0, 0.1) is 0 Å². The molecule has 152 valence electrons. The number of aromatic nitrogens is 1. The standard InChI is InChI=1S/C21H23N3O3S2/c1-26-16-6-4-15(5-7-16)21-23-17(14-29-21)20(25)22-13-18(19-3-2-12-28-19)24-8-10-27-11-9-24/h2-7,12,14,18H,8-11,13H2,1H3,(H,22,25). The molecule has 8 heteroatoms. The van der Waals surface area contributed by atoms with E-state index in [1.165, 1.54) is 16.2 Å². The fraction of sp³-hybridized carbons (Fsp3) is 0.333. The van der Waals surface area contributed by atoms with Gasteiger partial charge in [-0.3, -0.25) is 9.69 Å². The van der Waals surface area contributed by atoms with Gasteiger partial charge in [0.2, 0.25) is 0 Å². The molecule has 1 aliphatic heterocycles. The van der Waals surface area contributed by atoms with Gasteiger partial charge in [0.05, 0.1) is 26.4 Å². The smallest absolute Gasteiger partial charge is 0.270 e. The number of ether oxygens (including phenoxy) is 2. The second-order valence-electron chi connectivity index (χ2n) is 6.66. The predicted octanol–water partition coefficient (Wildman–Crippen LogP) is 3.68. The van der Waals surface area contributed by atoms with Crippen LogP contribution >= 0.6 is 22.7 Å². The van der Waals surface area contributed by atoms with E-state index >= 15 is 0 Å². The van der Waals surface area contributed by atoms with E-state index in [0.29, 0.717) is 12.2 Å². The van der Waals surface area contributed by atoms with Gasteiger partial charge in [-0.05, 0) is 35.7 Å². The van der Waals surface area contributed by atoms with Gasteiger partial charge in [-0.1, -0.05) is 6.07 Å². The first-order valence-corrected chi connectivity index (χ1v) is 11.2. The SMILES string of the molecule is COc1ccc(-c2nc(C(=O)NCC(c3cccs3)N3CCOCC3)cs2)cc1. The Morgan fingerprint density at radius 2 is 2.03 bits per heavy atom. The van der Waals surface area contributed by atoms with Crippen LogP contribution in [0.1, 0.15) is 21.4 Å². The maximum absolute atomic E-state index is 12.7. The van der Waals surface area contributed by atoms with Gasteiger partial charge in [0, 0.05) is 35.5 Å². The van der Waals surface area contributed by atoms with Gasteiger partial charge >= 0.3 is 0 Å². The summed E-state index contributed by atoms with van der Waals surface area (Å²) in [4.78, 5) is 20.9. The topological polar surface area (TPSA) is 63.7 Å². The number of amides is 1. The van der Waals surface area contributed by atoms with Gasteiger partial charge in [-0.15, -0.1) is 22.7 Å². The maximum Gasteiger partial charge on any atom is 0.270 e. The van der Waals surface area contributed by atoms with Crippen molar-refractivity contribution in [3.05, 3.63) is 57.7 Å². The molecule has 1 fully saturated rings. The number of methoxy groups -OCH3 is 1. The van der Waals surface area contributed by atoms with Gasteiger partial charge < -0.3 is 14.8 Å². The molecule has 0 aliphatic carbocycles. The summed E-state index contributed by atoms with van der Waals surface area (Å²) in [6.45, 7) is 3.75. The van der Waals surface area contributed by atoms with Crippen molar-refractivity contribution >= 4 is 28.6 Å². The fourth-order valence-electron chi connectivity index (χ4n) is 3.30. The molecule has 0 bridgehead atoms. The molecule has 1 saturated heterocycles. The third-order valence-corrected chi connectivity index (χ3v) is 6.75. The van der Waals surface area contributed by atoms with Gasteiger partial charge in [-0.25, -0.2) is 4.98 Å². The number of hydrogen-bond acceptors (Lipinski definition) is 7. The summed E-state index contributed by atoms with van der Waals surface area (Å²) < 4.78 is 10.7. The minimum Gasteiger partial charge on any atom is -0.497 e. The molecule has 3 aromatic rings. The van der Waals surface area contributed by atoms with Crippen molar-refractivity contribution in [2.24, 2.45) is 0 Å². The van der Waals surface area contributed by atoms with E-state index in [2.05, 4.69) is 32.7 Å². The predicted molar refractivity (Wildman–Crippen MR) is 116 cm³/mol. The normalized spacial score (nSPS) is 15.8. The summed E-state index contributed by atoms with van der Waals surface area (Å²) in [6, 6.07) is 12.0. The van der Waals surface area contributed by atoms with E-state index in [0.717, 1.165) is 42.6 Å². The van der Waals surface area contributed by atoms with Gasteiger partial charge in [0.1, 0.15) is 16.5 Å². The zero-order valence-electron chi connectivity index (χ0n) is 16.2. The molecule has 2 aromatic heterocycles. The Labute approximate surface area is 178 Å². The Balaban J connectivity index is 1.42. The molecule has 1 unspecified atom stereocenters. The highest BCUT2D eigenvalue weighted by Crippen LogP contribution is 2.27. The Morgan fingerprint density at radius 1 is 1.24 bits per heavy atom. The number of thiazole rings is 1. The highest BCUT2D eigenvalue weighted by Gasteiger charge is 2.24. The fourth-order valence-corrected chi connectivity index (χ4v) is 4.97. The lowest BCUT2D eigenvalue weighted by Crippen LogP contribution is -2.43. The lowest BCUT2D eigenvalue weighted by Gasteiger charge is -2.34. The summed E-state index contributed by atoms with van der Waals surface area (Å²) in [5, 5.41) is 7.78. The monoisotopic (exact) mass is 429 g/mol. The van der Waals surface area contributed by atoms with Crippen LogP contribution in [-0.2, 0) is 4.74 Å². The molecule has 1 amide bonds. The number of carbonyl (C=O) groups is 1. The first kappa shape index (κ1) is 20.0. The largest absolute Gasteiger partial charge is 0.497 e. The van der Waals surface area contributed by atoms with E-state index in [1.54, 1.807) is 18.4 Å². The highest BCUT2D eigenvalue weighted by atomic mass is 32.1. The Morgan fingerprint density at radius 3 is 2.72 bits per heavy atom. The third-order valence-electron chi connectivity index (χ3n) is 4.89. The number of thiophene rings is 1. The summed E-state index contributed by atoms with van der Waals surface area (Å²) in [5.74, 6) is 0.654. The molecule has 3 heterocycles. The molecule has 1 N–H and O–H groups in total. The molecular weight excluding hydrogens is 406 g/mol. The van der Waals surface area contributed by atoms with E-state index in [9.17, 15) is 4.79 Å². The number of rotatable bonds is 7. The second-order valence-corrected chi connectivity index (χ2v) is 8.49. The number of morpholine rings is 1. The van der Waals surface area contributed by atoms with Crippen LogP contribution in [0.4, 0.5) is 0 Å².